The van der Waals surface area contributed by atoms with Gasteiger partial charge in [0.05, 0.1) is 0 Å². The van der Waals surface area contributed by atoms with E-state index in [0.29, 0.717) is 23.5 Å². The minimum Gasteiger partial charge on any atom is -0.361 e. The van der Waals surface area contributed by atoms with Crippen molar-refractivity contribution in [2.45, 2.75) is 44.7 Å². The van der Waals surface area contributed by atoms with Gasteiger partial charge in [0.2, 0.25) is 0 Å². The summed E-state index contributed by atoms with van der Waals surface area (Å²) in [6.07, 6.45) is 4.64. The summed E-state index contributed by atoms with van der Waals surface area (Å²) in [7, 11) is 2.17. The van der Waals surface area contributed by atoms with E-state index in [9.17, 15) is 4.79 Å². The van der Waals surface area contributed by atoms with Gasteiger partial charge in [0, 0.05) is 24.7 Å². The number of aryl methyl sites for hydroxylation is 1. The Labute approximate surface area is 113 Å². The van der Waals surface area contributed by atoms with E-state index in [1.807, 2.05) is 11.8 Å². The van der Waals surface area contributed by atoms with Gasteiger partial charge in [0.15, 0.2) is 5.69 Å². The van der Waals surface area contributed by atoms with Crippen LogP contribution in [0.1, 0.15) is 41.9 Å². The van der Waals surface area contributed by atoms with Gasteiger partial charge in [-0.2, -0.15) is 0 Å². The van der Waals surface area contributed by atoms with Gasteiger partial charge in [-0.05, 0) is 46.2 Å². The van der Waals surface area contributed by atoms with Crippen LogP contribution in [0.25, 0.3) is 0 Å². The summed E-state index contributed by atoms with van der Waals surface area (Å²) in [4.78, 5) is 16.9. The highest BCUT2D eigenvalue weighted by Crippen LogP contribution is 2.29. The van der Waals surface area contributed by atoms with Crippen LogP contribution < -0.4 is 0 Å². The van der Waals surface area contributed by atoms with Crippen LogP contribution in [0.4, 0.5) is 0 Å². The molecule has 1 amide bonds. The lowest BCUT2D eigenvalue weighted by molar-refractivity contribution is 0.0654. The highest BCUT2D eigenvalue weighted by Gasteiger charge is 2.39. The molecule has 19 heavy (non-hydrogen) atoms. The third-order valence-electron chi connectivity index (χ3n) is 4.43. The normalized spacial score (nSPS) is 28.2. The van der Waals surface area contributed by atoms with E-state index in [1.165, 1.54) is 12.8 Å². The molecule has 2 fully saturated rings. The van der Waals surface area contributed by atoms with Gasteiger partial charge < -0.3 is 14.3 Å². The van der Waals surface area contributed by atoms with Crippen molar-refractivity contribution in [2.75, 3.05) is 20.1 Å². The van der Waals surface area contributed by atoms with E-state index in [0.717, 1.165) is 25.9 Å². The Morgan fingerprint density at radius 3 is 2.68 bits per heavy atom. The van der Waals surface area contributed by atoms with Crippen LogP contribution >= 0.6 is 0 Å². The van der Waals surface area contributed by atoms with Crippen molar-refractivity contribution in [3.05, 3.63) is 17.5 Å². The maximum atomic E-state index is 12.5. The van der Waals surface area contributed by atoms with Crippen molar-refractivity contribution in [3.63, 3.8) is 0 Å². The lowest BCUT2D eigenvalue weighted by Crippen LogP contribution is -2.47. The van der Waals surface area contributed by atoms with Gasteiger partial charge in [-0.1, -0.05) is 5.16 Å². The van der Waals surface area contributed by atoms with Crippen molar-refractivity contribution >= 4 is 5.91 Å². The second-order valence-electron chi connectivity index (χ2n) is 5.72. The molecule has 1 aromatic rings. The number of likely N-dealkylation sites (tertiary alicyclic amines) is 2. The Balaban J connectivity index is 1.77. The molecule has 0 spiro atoms. The molecule has 5 heteroatoms. The fourth-order valence-corrected chi connectivity index (χ4v) is 3.48. The number of likely N-dealkylation sites (N-methyl/N-ethyl adjacent to an activating group) is 1. The largest absolute Gasteiger partial charge is 0.361 e. The summed E-state index contributed by atoms with van der Waals surface area (Å²) in [5, 5.41) is 3.86. The molecule has 0 aromatic carbocycles. The Hall–Kier alpha value is -1.36. The SMILES string of the molecule is Cc1cc(C(=O)N2CCC[C@H]2[C@H]2CCCN2C)no1. The minimum atomic E-state index is 0.0275. The van der Waals surface area contributed by atoms with E-state index >= 15 is 0 Å². The first-order valence-corrected chi connectivity index (χ1v) is 7.11. The van der Waals surface area contributed by atoms with Crippen LogP contribution in [-0.2, 0) is 0 Å². The van der Waals surface area contributed by atoms with Gasteiger partial charge in [0.25, 0.3) is 5.91 Å². The molecular weight excluding hydrogens is 242 g/mol. The zero-order valence-electron chi connectivity index (χ0n) is 11.6. The monoisotopic (exact) mass is 263 g/mol. The molecular formula is C14H21N3O2. The Bertz CT molecular complexity index is 471. The molecule has 5 nitrogen and oxygen atoms in total. The lowest BCUT2D eigenvalue weighted by atomic mass is 10.0. The number of hydrogen-bond acceptors (Lipinski definition) is 4. The van der Waals surface area contributed by atoms with Crippen LogP contribution in [-0.4, -0.2) is 53.1 Å². The number of hydrogen-bond donors (Lipinski definition) is 0. The molecule has 0 unspecified atom stereocenters. The fourth-order valence-electron chi connectivity index (χ4n) is 3.48. The third kappa shape index (κ3) is 2.27. The lowest BCUT2D eigenvalue weighted by Gasteiger charge is -2.32. The van der Waals surface area contributed by atoms with Crippen molar-refractivity contribution < 1.29 is 9.32 Å². The van der Waals surface area contributed by atoms with Gasteiger partial charge in [0.1, 0.15) is 5.76 Å². The quantitative estimate of drug-likeness (QED) is 0.814. The minimum absolute atomic E-state index is 0.0275. The molecule has 0 N–H and O–H groups in total. The Morgan fingerprint density at radius 1 is 1.32 bits per heavy atom. The average molecular weight is 263 g/mol. The van der Waals surface area contributed by atoms with E-state index in [-0.39, 0.29) is 5.91 Å². The molecule has 104 valence electrons. The molecule has 2 aliphatic rings. The number of amides is 1. The number of carbonyl (C=O) groups excluding carboxylic acids is 1. The first-order chi connectivity index (χ1) is 9.16. The smallest absolute Gasteiger partial charge is 0.276 e. The molecule has 2 saturated heterocycles. The second kappa shape index (κ2) is 4.96. The van der Waals surface area contributed by atoms with Crippen molar-refractivity contribution in [1.82, 2.24) is 15.0 Å². The van der Waals surface area contributed by atoms with Gasteiger partial charge >= 0.3 is 0 Å². The van der Waals surface area contributed by atoms with E-state index in [1.54, 1.807) is 6.07 Å². The topological polar surface area (TPSA) is 49.6 Å². The van der Waals surface area contributed by atoms with Crippen LogP contribution in [0.15, 0.2) is 10.6 Å². The van der Waals surface area contributed by atoms with Crippen LogP contribution in [0.3, 0.4) is 0 Å². The molecule has 2 aliphatic heterocycles. The van der Waals surface area contributed by atoms with Crippen LogP contribution in [0, 0.1) is 6.92 Å². The maximum Gasteiger partial charge on any atom is 0.276 e. The third-order valence-corrected chi connectivity index (χ3v) is 4.43. The number of carbonyl (C=O) groups is 1. The highest BCUT2D eigenvalue weighted by atomic mass is 16.5. The summed E-state index contributed by atoms with van der Waals surface area (Å²) >= 11 is 0. The number of nitrogens with zero attached hydrogens (tertiary/aromatic N) is 3. The number of rotatable bonds is 2. The van der Waals surface area contributed by atoms with Crippen LogP contribution in [0.5, 0.6) is 0 Å². The van der Waals surface area contributed by atoms with Crippen LogP contribution in [0.2, 0.25) is 0 Å². The average Bonchev–Trinajstić information content (AvgIpc) is 3.07. The van der Waals surface area contributed by atoms with Gasteiger partial charge in [-0.3, -0.25) is 4.79 Å². The molecule has 2 atom stereocenters. The molecule has 0 bridgehead atoms. The summed E-state index contributed by atoms with van der Waals surface area (Å²) in [6.45, 7) is 3.81. The van der Waals surface area contributed by atoms with Gasteiger partial charge in [-0.25, -0.2) is 0 Å². The van der Waals surface area contributed by atoms with E-state index in [2.05, 4.69) is 17.1 Å². The Morgan fingerprint density at radius 2 is 2.05 bits per heavy atom. The second-order valence-corrected chi connectivity index (χ2v) is 5.72. The summed E-state index contributed by atoms with van der Waals surface area (Å²) in [5.74, 6) is 0.719. The predicted octanol–water partition coefficient (Wildman–Crippen LogP) is 1.68. The van der Waals surface area contributed by atoms with E-state index < -0.39 is 0 Å². The maximum absolute atomic E-state index is 12.5. The zero-order chi connectivity index (χ0) is 13.4. The highest BCUT2D eigenvalue weighted by molar-refractivity contribution is 5.92. The molecule has 0 radical (unpaired) electrons. The molecule has 3 heterocycles. The van der Waals surface area contributed by atoms with E-state index in [4.69, 9.17) is 4.52 Å². The number of aromatic nitrogens is 1. The first kappa shape index (κ1) is 12.7. The predicted molar refractivity (Wildman–Crippen MR) is 71.0 cm³/mol. The Kier molecular flexibility index (Phi) is 3.31. The first-order valence-electron chi connectivity index (χ1n) is 7.11. The molecule has 1 aromatic heterocycles. The summed E-state index contributed by atoms with van der Waals surface area (Å²) in [6, 6.07) is 2.59. The molecule has 3 rings (SSSR count). The van der Waals surface area contributed by atoms with Crippen molar-refractivity contribution in [1.29, 1.82) is 0 Å². The molecule has 0 aliphatic carbocycles. The summed E-state index contributed by atoms with van der Waals surface area (Å²) in [5.41, 5.74) is 0.449. The molecule has 0 saturated carbocycles. The standard InChI is InChI=1S/C14H21N3O2/c1-10-9-11(15-19-10)14(18)17-8-4-6-13(17)12-5-3-7-16(12)2/h9,12-13H,3-8H2,1-2H3/t12-,13+/m1/s1. The van der Waals surface area contributed by atoms with Crippen molar-refractivity contribution in [2.24, 2.45) is 0 Å². The zero-order valence-corrected chi connectivity index (χ0v) is 11.6. The van der Waals surface area contributed by atoms with Gasteiger partial charge in [-0.15, -0.1) is 0 Å². The van der Waals surface area contributed by atoms with Crippen molar-refractivity contribution in [3.8, 4) is 0 Å². The summed E-state index contributed by atoms with van der Waals surface area (Å²) < 4.78 is 5.02. The fraction of sp³-hybridized carbons (Fsp3) is 0.714.